The number of hydrogen-bond donors (Lipinski definition) is 1. The van der Waals surface area contributed by atoms with Crippen LogP contribution in [0.3, 0.4) is 0 Å². The fourth-order valence-corrected chi connectivity index (χ4v) is 6.90. The van der Waals surface area contributed by atoms with E-state index < -0.39 is 0 Å². The standard InChI is InChI=1S/C25H40OS/c1-4-5-6-17-27-19(2)23-14-15-24-21(10-8-16-25(23,24)3)13-12-20-9-7-11-22(26)18-20/h12-14,19,22,24,26H,4-11,15-18H2,1-3H3/b20-12-,21-13+. The van der Waals surface area contributed by atoms with Crippen molar-refractivity contribution in [1.29, 1.82) is 0 Å². The van der Waals surface area contributed by atoms with Crippen molar-refractivity contribution in [3.8, 4) is 0 Å². The first-order valence-electron chi connectivity index (χ1n) is 11.4. The quantitative estimate of drug-likeness (QED) is 0.367. The highest BCUT2D eigenvalue weighted by molar-refractivity contribution is 8.00. The summed E-state index contributed by atoms with van der Waals surface area (Å²) in [5.41, 5.74) is 5.25. The molecule has 1 N–H and O–H groups in total. The zero-order valence-corrected chi connectivity index (χ0v) is 18.6. The van der Waals surface area contributed by atoms with Gasteiger partial charge in [-0.05, 0) is 81.8 Å². The van der Waals surface area contributed by atoms with E-state index in [-0.39, 0.29) is 6.10 Å². The second-order valence-corrected chi connectivity index (χ2v) is 10.7. The summed E-state index contributed by atoms with van der Waals surface area (Å²) in [4.78, 5) is 0. The van der Waals surface area contributed by atoms with E-state index in [1.54, 1.807) is 11.1 Å². The van der Waals surface area contributed by atoms with E-state index in [0.717, 1.165) is 19.3 Å². The summed E-state index contributed by atoms with van der Waals surface area (Å²) in [7, 11) is 0. The monoisotopic (exact) mass is 388 g/mol. The van der Waals surface area contributed by atoms with Crippen LogP contribution in [0.2, 0.25) is 0 Å². The zero-order valence-electron chi connectivity index (χ0n) is 17.8. The van der Waals surface area contributed by atoms with Crippen molar-refractivity contribution in [3.63, 3.8) is 0 Å². The maximum absolute atomic E-state index is 9.94. The predicted molar refractivity (Wildman–Crippen MR) is 120 cm³/mol. The molecule has 2 fully saturated rings. The number of thioether (sulfide) groups is 1. The molecule has 3 aliphatic carbocycles. The van der Waals surface area contributed by atoms with Gasteiger partial charge in [0, 0.05) is 5.25 Å². The summed E-state index contributed by atoms with van der Waals surface area (Å²) in [6, 6.07) is 0. The van der Waals surface area contributed by atoms with Crippen LogP contribution in [-0.2, 0) is 0 Å². The van der Waals surface area contributed by atoms with Gasteiger partial charge in [-0.2, -0.15) is 11.8 Å². The second kappa shape index (κ2) is 9.83. The fourth-order valence-electron chi connectivity index (χ4n) is 5.63. The van der Waals surface area contributed by atoms with Gasteiger partial charge in [0.2, 0.25) is 0 Å². The Morgan fingerprint density at radius 1 is 1.26 bits per heavy atom. The molecule has 0 heterocycles. The van der Waals surface area contributed by atoms with Gasteiger partial charge >= 0.3 is 0 Å². The molecule has 0 aromatic carbocycles. The molecular weight excluding hydrogens is 348 g/mol. The summed E-state index contributed by atoms with van der Waals surface area (Å²) < 4.78 is 0. The average Bonchev–Trinajstić information content (AvgIpc) is 3.01. The van der Waals surface area contributed by atoms with Crippen molar-refractivity contribution < 1.29 is 5.11 Å². The van der Waals surface area contributed by atoms with Crippen LogP contribution < -0.4 is 0 Å². The maximum atomic E-state index is 9.94. The van der Waals surface area contributed by atoms with Gasteiger partial charge in [0.15, 0.2) is 0 Å². The van der Waals surface area contributed by atoms with E-state index in [2.05, 4.69) is 50.8 Å². The summed E-state index contributed by atoms with van der Waals surface area (Å²) in [5.74, 6) is 2.02. The largest absolute Gasteiger partial charge is 0.393 e. The van der Waals surface area contributed by atoms with Crippen LogP contribution in [0.4, 0.5) is 0 Å². The molecule has 27 heavy (non-hydrogen) atoms. The molecule has 0 aromatic rings. The Morgan fingerprint density at radius 2 is 2.11 bits per heavy atom. The van der Waals surface area contributed by atoms with Crippen LogP contribution in [0.5, 0.6) is 0 Å². The van der Waals surface area contributed by atoms with Gasteiger partial charge in [0.1, 0.15) is 0 Å². The molecule has 1 nitrogen and oxygen atoms in total. The molecule has 0 aromatic heterocycles. The summed E-state index contributed by atoms with van der Waals surface area (Å²) in [5, 5.41) is 10.6. The number of aliphatic hydroxyl groups is 1. The lowest BCUT2D eigenvalue weighted by atomic mass is 9.64. The third kappa shape index (κ3) is 5.12. The molecule has 2 saturated carbocycles. The Hall–Kier alpha value is -0.470. The minimum absolute atomic E-state index is 0.106. The number of aliphatic hydroxyl groups excluding tert-OH is 1. The van der Waals surface area contributed by atoms with E-state index >= 15 is 0 Å². The van der Waals surface area contributed by atoms with Gasteiger partial charge in [-0.1, -0.05) is 61.6 Å². The molecule has 0 amide bonds. The van der Waals surface area contributed by atoms with Gasteiger partial charge in [0.05, 0.1) is 6.10 Å². The van der Waals surface area contributed by atoms with Crippen LogP contribution in [0.15, 0.2) is 34.9 Å². The van der Waals surface area contributed by atoms with Gasteiger partial charge in [0.25, 0.3) is 0 Å². The molecular formula is C25H40OS. The molecule has 0 radical (unpaired) electrons. The topological polar surface area (TPSA) is 20.2 Å². The third-order valence-electron chi connectivity index (χ3n) is 7.23. The normalized spacial score (nSPS) is 35.3. The van der Waals surface area contributed by atoms with Crippen molar-refractivity contribution in [2.45, 2.75) is 103 Å². The minimum Gasteiger partial charge on any atom is -0.393 e. The van der Waals surface area contributed by atoms with Gasteiger partial charge in [-0.15, -0.1) is 0 Å². The number of unbranched alkanes of at least 4 members (excludes halogenated alkanes) is 2. The molecule has 4 unspecified atom stereocenters. The number of allylic oxidation sites excluding steroid dienone is 4. The molecule has 0 saturated heterocycles. The molecule has 3 aliphatic rings. The first kappa shape index (κ1) is 21.2. The van der Waals surface area contributed by atoms with Crippen LogP contribution in [-0.4, -0.2) is 22.2 Å². The van der Waals surface area contributed by atoms with Gasteiger partial charge in [-0.3, -0.25) is 0 Å². The first-order chi connectivity index (χ1) is 13.0. The van der Waals surface area contributed by atoms with Crippen molar-refractivity contribution >= 4 is 11.8 Å². The highest BCUT2D eigenvalue weighted by atomic mass is 32.2. The van der Waals surface area contributed by atoms with Crippen LogP contribution in [0.1, 0.15) is 91.4 Å². The molecule has 0 aliphatic heterocycles. The molecule has 0 spiro atoms. The third-order valence-corrected chi connectivity index (χ3v) is 8.51. The summed E-state index contributed by atoms with van der Waals surface area (Å²) in [6.45, 7) is 7.28. The second-order valence-electron chi connectivity index (χ2n) is 9.26. The van der Waals surface area contributed by atoms with Crippen molar-refractivity contribution in [2.75, 3.05) is 5.75 Å². The highest BCUT2D eigenvalue weighted by Gasteiger charge is 2.46. The SMILES string of the molecule is CCCCCSC(C)C1=CCC2/C(=C/C=C3/CCCC(O)C3)CCCC12C. The molecule has 152 valence electrons. The van der Waals surface area contributed by atoms with E-state index in [0.29, 0.717) is 16.6 Å². The molecule has 2 heteroatoms. The highest BCUT2D eigenvalue weighted by Crippen LogP contribution is 2.56. The van der Waals surface area contributed by atoms with Crippen LogP contribution >= 0.6 is 11.8 Å². The minimum atomic E-state index is -0.106. The van der Waals surface area contributed by atoms with Gasteiger partial charge in [-0.25, -0.2) is 0 Å². The molecule has 4 atom stereocenters. The Bertz CT molecular complexity index is 587. The smallest absolute Gasteiger partial charge is 0.0577 e. The molecule has 3 rings (SSSR count). The Labute approximate surface area is 171 Å². The number of fused-ring (bicyclic) bond motifs is 1. The zero-order chi connectivity index (χ0) is 19.3. The summed E-state index contributed by atoms with van der Waals surface area (Å²) in [6.07, 6.45) is 20.8. The Balaban J connectivity index is 1.65. The summed E-state index contributed by atoms with van der Waals surface area (Å²) >= 11 is 2.18. The van der Waals surface area contributed by atoms with Gasteiger partial charge < -0.3 is 5.11 Å². The van der Waals surface area contributed by atoms with E-state index in [1.165, 1.54) is 62.7 Å². The first-order valence-corrected chi connectivity index (χ1v) is 12.5. The fraction of sp³-hybridized carbons (Fsp3) is 0.760. The van der Waals surface area contributed by atoms with Crippen molar-refractivity contribution in [3.05, 3.63) is 34.9 Å². The average molecular weight is 389 g/mol. The van der Waals surface area contributed by atoms with Crippen LogP contribution in [0, 0.1) is 11.3 Å². The van der Waals surface area contributed by atoms with Crippen LogP contribution in [0.25, 0.3) is 0 Å². The maximum Gasteiger partial charge on any atom is 0.0577 e. The number of hydrogen-bond acceptors (Lipinski definition) is 2. The van der Waals surface area contributed by atoms with Crippen molar-refractivity contribution in [1.82, 2.24) is 0 Å². The predicted octanol–water partition coefficient (Wildman–Crippen LogP) is 7.22. The number of rotatable bonds is 7. The lowest BCUT2D eigenvalue weighted by molar-refractivity contribution is 0.149. The van der Waals surface area contributed by atoms with Crippen molar-refractivity contribution in [2.24, 2.45) is 11.3 Å². The van der Waals surface area contributed by atoms with E-state index in [9.17, 15) is 5.11 Å². The molecule has 0 bridgehead atoms. The van der Waals surface area contributed by atoms with E-state index in [1.807, 2.05) is 0 Å². The lowest BCUT2D eigenvalue weighted by Crippen LogP contribution is -2.33. The Kier molecular flexibility index (Phi) is 7.74. The van der Waals surface area contributed by atoms with E-state index in [4.69, 9.17) is 0 Å². The lowest BCUT2D eigenvalue weighted by Gasteiger charge is -2.42. The Morgan fingerprint density at radius 3 is 2.89 bits per heavy atom.